The fourth-order valence-corrected chi connectivity index (χ4v) is 1.42. The van der Waals surface area contributed by atoms with Gasteiger partial charge in [-0.15, -0.1) is 0 Å². The number of hydrogen-bond acceptors (Lipinski definition) is 4. The second-order valence-corrected chi connectivity index (χ2v) is 3.26. The van der Waals surface area contributed by atoms with Crippen LogP contribution in [0.25, 0.3) is 11.3 Å². The quantitative estimate of drug-likeness (QED) is 0.593. The Kier molecular flexibility index (Phi) is 2.55. The zero-order chi connectivity index (χ0) is 11.5. The van der Waals surface area contributed by atoms with E-state index in [1.54, 1.807) is 24.4 Å². The van der Waals surface area contributed by atoms with Crippen LogP contribution in [0.2, 0.25) is 0 Å². The minimum absolute atomic E-state index is 0.202. The zero-order valence-electron chi connectivity index (χ0n) is 8.29. The van der Waals surface area contributed by atoms with Crippen molar-refractivity contribution in [3.8, 4) is 22.8 Å². The molecule has 0 saturated heterocycles. The minimum Gasteiger partial charge on any atom is -0.504 e. The van der Waals surface area contributed by atoms with E-state index in [0.717, 1.165) is 0 Å². The van der Waals surface area contributed by atoms with E-state index in [9.17, 15) is 15.0 Å². The topological polar surface area (TPSA) is 70.4 Å². The van der Waals surface area contributed by atoms with E-state index < -0.39 is 0 Å². The molecule has 4 nitrogen and oxygen atoms in total. The van der Waals surface area contributed by atoms with E-state index in [1.165, 1.54) is 12.1 Å². The lowest BCUT2D eigenvalue weighted by atomic mass is 10.1. The van der Waals surface area contributed by atoms with Crippen molar-refractivity contribution in [3.05, 3.63) is 42.1 Å². The summed E-state index contributed by atoms with van der Waals surface area (Å²) in [4.78, 5) is 14.9. The summed E-state index contributed by atoms with van der Waals surface area (Å²) in [6.45, 7) is 0. The number of carbonyl (C=O) groups is 1. The Balaban J connectivity index is 2.58. The van der Waals surface area contributed by atoms with Gasteiger partial charge in [0.1, 0.15) is 0 Å². The van der Waals surface area contributed by atoms with Gasteiger partial charge in [-0.25, -0.2) is 0 Å². The molecule has 0 amide bonds. The van der Waals surface area contributed by atoms with Crippen LogP contribution in [0.1, 0.15) is 10.4 Å². The number of hydrogen-bond donors (Lipinski definition) is 2. The van der Waals surface area contributed by atoms with E-state index in [0.29, 0.717) is 23.1 Å². The van der Waals surface area contributed by atoms with E-state index in [4.69, 9.17) is 0 Å². The lowest BCUT2D eigenvalue weighted by Gasteiger charge is -2.04. The molecule has 0 spiro atoms. The summed E-state index contributed by atoms with van der Waals surface area (Å²) in [6, 6.07) is 7.61. The molecule has 0 aliphatic rings. The van der Waals surface area contributed by atoms with Gasteiger partial charge in [-0.3, -0.25) is 9.78 Å². The Morgan fingerprint density at radius 1 is 1.12 bits per heavy atom. The van der Waals surface area contributed by atoms with Crippen LogP contribution in [-0.4, -0.2) is 21.5 Å². The average molecular weight is 215 g/mol. The van der Waals surface area contributed by atoms with Crippen LogP contribution in [0.3, 0.4) is 0 Å². The molecule has 0 fully saturated rings. The Morgan fingerprint density at radius 3 is 2.62 bits per heavy atom. The Morgan fingerprint density at radius 2 is 1.94 bits per heavy atom. The molecule has 80 valence electrons. The summed E-state index contributed by atoms with van der Waals surface area (Å²) in [5.41, 5.74) is 1.50. The molecule has 1 heterocycles. The van der Waals surface area contributed by atoms with Crippen molar-refractivity contribution >= 4 is 6.29 Å². The van der Waals surface area contributed by atoms with Gasteiger partial charge in [-0.05, 0) is 30.3 Å². The van der Waals surface area contributed by atoms with Crippen molar-refractivity contribution in [1.82, 2.24) is 4.98 Å². The molecule has 4 heteroatoms. The number of carbonyl (C=O) groups excluding carboxylic acids is 1. The maximum Gasteiger partial charge on any atom is 0.158 e. The molecule has 0 bridgehead atoms. The van der Waals surface area contributed by atoms with Crippen LogP contribution < -0.4 is 0 Å². The summed E-state index contributed by atoms with van der Waals surface area (Å²) < 4.78 is 0. The van der Waals surface area contributed by atoms with Crippen molar-refractivity contribution in [2.24, 2.45) is 0 Å². The molecular weight excluding hydrogens is 206 g/mol. The number of pyridine rings is 1. The van der Waals surface area contributed by atoms with Crippen LogP contribution in [0.5, 0.6) is 11.5 Å². The number of phenols is 2. The Labute approximate surface area is 91.8 Å². The lowest BCUT2D eigenvalue weighted by molar-refractivity contribution is 0.112. The van der Waals surface area contributed by atoms with Crippen molar-refractivity contribution in [2.45, 2.75) is 0 Å². The van der Waals surface area contributed by atoms with E-state index >= 15 is 0 Å². The molecule has 0 radical (unpaired) electrons. The van der Waals surface area contributed by atoms with Crippen LogP contribution in [0.4, 0.5) is 0 Å². The standard InChI is InChI=1S/C12H9NO3/c14-7-9-2-1-5-13-12(9)8-3-4-10(15)11(16)6-8/h1-7,15-16H. The highest BCUT2D eigenvalue weighted by Crippen LogP contribution is 2.30. The maximum atomic E-state index is 10.8. The van der Waals surface area contributed by atoms with Gasteiger partial charge in [0.05, 0.1) is 5.69 Å². The first-order chi connectivity index (χ1) is 7.72. The molecule has 0 unspecified atom stereocenters. The first-order valence-corrected chi connectivity index (χ1v) is 4.65. The first kappa shape index (κ1) is 10.2. The summed E-state index contributed by atoms with van der Waals surface area (Å²) in [6.07, 6.45) is 2.26. The normalized spacial score (nSPS) is 10.0. The lowest BCUT2D eigenvalue weighted by Crippen LogP contribution is -1.90. The van der Waals surface area contributed by atoms with Gasteiger partial charge in [-0.2, -0.15) is 0 Å². The van der Waals surface area contributed by atoms with E-state index in [-0.39, 0.29) is 11.5 Å². The third-order valence-corrected chi connectivity index (χ3v) is 2.21. The maximum absolute atomic E-state index is 10.8. The highest BCUT2D eigenvalue weighted by atomic mass is 16.3. The third kappa shape index (κ3) is 1.72. The molecule has 0 aliphatic carbocycles. The minimum atomic E-state index is -0.236. The number of aldehydes is 1. The summed E-state index contributed by atoms with van der Waals surface area (Å²) in [7, 11) is 0. The zero-order valence-corrected chi connectivity index (χ0v) is 8.29. The molecular formula is C12H9NO3. The smallest absolute Gasteiger partial charge is 0.158 e. The first-order valence-electron chi connectivity index (χ1n) is 4.65. The van der Waals surface area contributed by atoms with Gasteiger partial charge in [-0.1, -0.05) is 0 Å². The fourth-order valence-electron chi connectivity index (χ4n) is 1.42. The van der Waals surface area contributed by atoms with Crippen molar-refractivity contribution < 1.29 is 15.0 Å². The molecule has 2 aromatic rings. The Hall–Kier alpha value is -2.36. The largest absolute Gasteiger partial charge is 0.504 e. The molecule has 0 atom stereocenters. The summed E-state index contributed by atoms with van der Waals surface area (Å²) in [5, 5.41) is 18.5. The highest BCUT2D eigenvalue weighted by molar-refractivity contribution is 5.85. The second kappa shape index (κ2) is 4.02. The van der Waals surface area contributed by atoms with E-state index in [2.05, 4.69) is 4.98 Å². The van der Waals surface area contributed by atoms with Gasteiger partial charge >= 0.3 is 0 Å². The van der Waals surface area contributed by atoms with Gasteiger partial charge in [0, 0.05) is 17.3 Å². The van der Waals surface area contributed by atoms with Gasteiger partial charge < -0.3 is 10.2 Å². The van der Waals surface area contributed by atoms with Crippen LogP contribution in [-0.2, 0) is 0 Å². The average Bonchev–Trinajstić information content (AvgIpc) is 2.32. The highest BCUT2D eigenvalue weighted by Gasteiger charge is 2.07. The van der Waals surface area contributed by atoms with Crippen LogP contribution in [0.15, 0.2) is 36.5 Å². The number of nitrogens with zero attached hydrogens (tertiary/aromatic N) is 1. The van der Waals surface area contributed by atoms with Gasteiger partial charge in [0.15, 0.2) is 17.8 Å². The number of aromatic nitrogens is 1. The molecule has 16 heavy (non-hydrogen) atoms. The fraction of sp³-hybridized carbons (Fsp3) is 0. The second-order valence-electron chi connectivity index (χ2n) is 3.26. The predicted molar refractivity (Wildman–Crippen MR) is 58.4 cm³/mol. The van der Waals surface area contributed by atoms with Crippen LogP contribution >= 0.6 is 0 Å². The summed E-state index contributed by atoms with van der Waals surface area (Å²) >= 11 is 0. The number of aromatic hydroxyl groups is 2. The predicted octanol–water partition coefficient (Wildman–Crippen LogP) is 1.97. The molecule has 2 N–H and O–H groups in total. The SMILES string of the molecule is O=Cc1cccnc1-c1ccc(O)c(O)c1. The Bertz CT molecular complexity index is 538. The van der Waals surface area contributed by atoms with Crippen molar-refractivity contribution in [1.29, 1.82) is 0 Å². The van der Waals surface area contributed by atoms with E-state index in [1.807, 2.05) is 0 Å². The molecule has 1 aromatic carbocycles. The van der Waals surface area contributed by atoms with Gasteiger partial charge in [0.25, 0.3) is 0 Å². The van der Waals surface area contributed by atoms with Crippen LogP contribution in [0, 0.1) is 0 Å². The van der Waals surface area contributed by atoms with Crippen molar-refractivity contribution in [2.75, 3.05) is 0 Å². The molecule has 2 rings (SSSR count). The molecule has 0 aliphatic heterocycles. The summed E-state index contributed by atoms with van der Waals surface area (Å²) in [5.74, 6) is -0.438. The third-order valence-electron chi connectivity index (χ3n) is 2.21. The number of rotatable bonds is 2. The number of benzene rings is 1. The van der Waals surface area contributed by atoms with Crippen molar-refractivity contribution in [3.63, 3.8) is 0 Å². The number of phenolic OH excluding ortho intramolecular Hbond substituents is 2. The molecule has 1 aromatic heterocycles. The van der Waals surface area contributed by atoms with Gasteiger partial charge in [0.2, 0.25) is 0 Å². The molecule has 0 saturated carbocycles. The monoisotopic (exact) mass is 215 g/mol.